The van der Waals surface area contributed by atoms with Gasteiger partial charge in [0.1, 0.15) is 17.1 Å². The molecule has 5 heteroatoms. The summed E-state index contributed by atoms with van der Waals surface area (Å²) in [5.41, 5.74) is 5.01. The van der Waals surface area contributed by atoms with Crippen molar-refractivity contribution in [3.63, 3.8) is 0 Å². The zero-order valence-electron chi connectivity index (χ0n) is 8.61. The van der Waals surface area contributed by atoms with Crippen LogP contribution in [0.2, 0.25) is 0 Å². The maximum absolute atomic E-state index is 11.1. The first-order valence-electron chi connectivity index (χ1n) is 4.63. The lowest BCUT2D eigenvalue weighted by atomic mass is 10.2. The second kappa shape index (κ2) is 3.69. The van der Waals surface area contributed by atoms with Crippen LogP contribution < -0.4 is 26.6 Å². The van der Waals surface area contributed by atoms with Crippen LogP contribution in [-0.4, -0.2) is 7.11 Å². The van der Waals surface area contributed by atoms with Gasteiger partial charge in [0.25, 0.3) is 10.9 Å². The van der Waals surface area contributed by atoms with Gasteiger partial charge in [0, 0.05) is 5.69 Å². The molecule has 2 rings (SSSR count). The normalized spacial score (nSPS) is 10.3. The highest BCUT2D eigenvalue weighted by Crippen LogP contribution is 2.20. The van der Waals surface area contributed by atoms with Crippen molar-refractivity contribution in [3.05, 3.63) is 44.7 Å². The minimum absolute atomic E-state index is 0.0131. The number of nitrogen functional groups attached to an aromatic ring is 1. The van der Waals surface area contributed by atoms with Crippen LogP contribution in [0.15, 0.2) is 33.9 Å². The number of hydrogen-bond acceptors (Lipinski definition) is 5. The van der Waals surface area contributed by atoms with E-state index in [0.29, 0.717) is 11.4 Å². The molecule has 0 atom stereocenters. The van der Waals surface area contributed by atoms with Crippen LogP contribution >= 0.6 is 0 Å². The minimum Gasteiger partial charge on any atom is -0.497 e. The first-order valence-corrected chi connectivity index (χ1v) is 4.63. The van der Waals surface area contributed by atoms with E-state index in [1.807, 2.05) is 0 Å². The molecule has 0 saturated heterocycles. The van der Waals surface area contributed by atoms with E-state index in [0.717, 1.165) is 0 Å². The molecule has 16 heavy (non-hydrogen) atoms. The van der Waals surface area contributed by atoms with Gasteiger partial charge in [-0.2, -0.15) is 0 Å². The lowest BCUT2D eigenvalue weighted by molar-refractivity contribution is 0.415. The van der Waals surface area contributed by atoms with Crippen molar-refractivity contribution in [2.45, 2.75) is 0 Å². The predicted molar refractivity (Wildman–Crippen MR) is 62.0 cm³/mol. The number of anilines is 3. The third-order valence-electron chi connectivity index (χ3n) is 2.31. The van der Waals surface area contributed by atoms with Crippen molar-refractivity contribution in [2.24, 2.45) is 0 Å². The van der Waals surface area contributed by atoms with E-state index >= 15 is 0 Å². The monoisotopic (exact) mass is 218 g/mol. The Morgan fingerprint density at radius 2 is 1.75 bits per heavy atom. The second-order valence-corrected chi connectivity index (χ2v) is 3.30. The van der Waals surface area contributed by atoms with Crippen LogP contribution in [0.5, 0.6) is 5.75 Å². The summed E-state index contributed by atoms with van der Waals surface area (Å²) in [6, 6.07) is 6.94. The molecule has 0 saturated carbocycles. The molecule has 2 aromatic rings. The zero-order chi connectivity index (χ0) is 11.7. The molecule has 0 spiro atoms. The molecule has 5 nitrogen and oxygen atoms in total. The summed E-state index contributed by atoms with van der Waals surface area (Å²) in [5, 5.41) is 2.79. The van der Waals surface area contributed by atoms with Gasteiger partial charge in [-0.15, -0.1) is 0 Å². The summed E-state index contributed by atoms with van der Waals surface area (Å²) >= 11 is 0. The van der Waals surface area contributed by atoms with Crippen LogP contribution in [0, 0.1) is 0 Å². The van der Waals surface area contributed by atoms with Crippen LogP contribution in [-0.2, 0) is 0 Å². The second-order valence-electron chi connectivity index (χ2n) is 3.30. The maximum atomic E-state index is 11.1. The Morgan fingerprint density at radius 3 is 2.25 bits per heavy atom. The number of methoxy groups -OCH3 is 1. The molecule has 0 amide bonds. The first kappa shape index (κ1) is 10.2. The van der Waals surface area contributed by atoms with Gasteiger partial charge in [0.05, 0.1) is 7.11 Å². The third kappa shape index (κ3) is 1.52. The molecule has 0 aromatic heterocycles. The van der Waals surface area contributed by atoms with Crippen molar-refractivity contribution < 1.29 is 4.74 Å². The number of nitrogens with two attached hydrogens (primary N) is 1. The van der Waals surface area contributed by atoms with E-state index in [2.05, 4.69) is 5.32 Å². The molecule has 0 heterocycles. The van der Waals surface area contributed by atoms with Gasteiger partial charge in [-0.25, -0.2) is 0 Å². The van der Waals surface area contributed by atoms with E-state index in [9.17, 15) is 9.59 Å². The van der Waals surface area contributed by atoms with Crippen molar-refractivity contribution in [2.75, 3.05) is 18.2 Å². The van der Waals surface area contributed by atoms with Gasteiger partial charge < -0.3 is 15.8 Å². The SMILES string of the molecule is COc1ccc(Nc2c(N)c(=O)c2=O)cc1. The van der Waals surface area contributed by atoms with Gasteiger partial charge in [0.15, 0.2) is 0 Å². The molecule has 3 N–H and O–H groups in total. The van der Waals surface area contributed by atoms with Crippen LogP contribution in [0.1, 0.15) is 0 Å². The zero-order valence-corrected chi connectivity index (χ0v) is 8.61. The summed E-state index contributed by atoms with van der Waals surface area (Å²) in [6.45, 7) is 0. The van der Waals surface area contributed by atoms with Crippen LogP contribution in [0.25, 0.3) is 0 Å². The fourth-order valence-corrected chi connectivity index (χ4v) is 1.35. The van der Waals surface area contributed by atoms with Crippen molar-refractivity contribution >= 4 is 17.1 Å². The fraction of sp³-hybridized carbons (Fsp3) is 0.0909. The smallest absolute Gasteiger partial charge is 0.253 e. The topological polar surface area (TPSA) is 81.4 Å². The molecule has 0 bridgehead atoms. The molecule has 0 radical (unpaired) electrons. The van der Waals surface area contributed by atoms with E-state index in [1.165, 1.54) is 0 Å². The van der Waals surface area contributed by atoms with Gasteiger partial charge in [-0.3, -0.25) is 9.59 Å². The number of hydrogen-bond donors (Lipinski definition) is 2. The summed E-state index contributed by atoms with van der Waals surface area (Å²) in [6.07, 6.45) is 0. The average molecular weight is 218 g/mol. The van der Waals surface area contributed by atoms with E-state index < -0.39 is 10.9 Å². The Hall–Kier alpha value is -2.30. The standard InChI is InChI=1S/C11H10N2O3/c1-16-7-4-2-6(3-5-7)13-9-8(12)10(14)11(9)15/h2-5,13H,12H2,1H3. The molecule has 0 fully saturated rings. The summed E-state index contributed by atoms with van der Waals surface area (Å²) in [7, 11) is 1.57. The fourth-order valence-electron chi connectivity index (χ4n) is 1.35. The molecule has 0 unspecified atom stereocenters. The maximum Gasteiger partial charge on any atom is 0.253 e. The van der Waals surface area contributed by atoms with Gasteiger partial charge in [-0.05, 0) is 24.3 Å². The average Bonchev–Trinajstić information content (AvgIpc) is 2.35. The Labute approximate surface area is 91.2 Å². The molecular formula is C11H10N2O3. The number of benzene rings is 1. The lowest BCUT2D eigenvalue weighted by Gasteiger charge is -2.10. The van der Waals surface area contributed by atoms with Crippen molar-refractivity contribution in [1.82, 2.24) is 0 Å². The Balaban J connectivity index is 2.22. The van der Waals surface area contributed by atoms with E-state index in [1.54, 1.807) is 31.4 Å². The molecule has 0 aliphatic rings. The number of ether oxygens (including phenoxy) is 1. The number of nitrogens with one attached hydrogen (secondary N) is 1. The van der Waals surface area contributed by atoms with E-state index in [-0.39, 0.29) is 11.4 Å². The van der Waals surface area contributed by atoms with Crippen LogP contribution in [0.4, 0.5) is 17.1 Å². The van der Waals surface area contributed by atoms with Gasteiger partial charge >= 0.3 is 0 Å². The Bertz CT molecular complexity index is 580. The molecule has 0 aliphatic carbocycles. The highest BCUT2D eigenvalue weighted by Gasteiger charge is 2.17. The number of rotatable bonds is 3. The van der Waals surface area contributed by atoms with Crippen molar-refractivity contribution in [1.29, 1.82) is 0 Å². The summed E-state index contributed by atoms with van der Waals surface area (Å²) in [5.74, 6) is 0.712. The molecular weight excluding hydrogens is 208 g/mol. The Kier molecular flexibility index (Phi) is 2.36. The molecule has 0 aliphatic heterocycles. The Morgan fingerprint density at radius 1 is 1.12 bits per heavy atom. The van der Waals surface area contributed by atoms with Gasteiger partial charge in [0.2, 0.25) is 0 Å². The largest absolute Gasteiger partial charge is 0.497 e. The molecule has 82 valence electrons. The molecule has 2 aromatic carbocycles. The van der Waals surface area contributed by atoms with Gasteiger partial charge in [-0.1, -0.05) is 0 Å². The predicted octanol–water partition coefficient (Wildman–Crippen LogP) is 0.617. The van der Waals surface area contributed by atoms with Crippen LogP contribution in [0.3, 0.4) is 0 Å². The quantitative estimate of drug-likeness (QED) is 0.738. The first-order chi connectivity index (χ1) is 7.63. The summed E-state index contributed by atoms with van der Waals surface area (Å²) < 4.78 is 4.99. The highest BCUT2D eigenvalue weighted by molar-refractivity contribution is 5.76. The summed E-state index contributed by atoms with van der Waals surface area (Å²) in [4.78, 5) is 22.0. The highest BCUT2D eigenvalue weighted by atomic mass is 16.5. The van der Waals surface area contributed by atoms with E-state index in [4.69, 9.17) is 10.5 Å². The minimum atomic E-state index is -0.629. The third-order valence-corrected chi connectivity index (χ3v) is 2.31. The van der Waals surface area contributed by atoms with Crippen molar-refractivity contribution in [3.8, 4) is 5.75 Å². The lowest BCUT2D eigenvalue weighted by Crippen LogP contribution is -2.36.